The van der Waals surface area contributed by atoms with Crippen molar-refractivity contribution >= 4 is 28.9 Å². The van der Waals surface area contributed by atoms with Crippen molar-refractivity contribution in [1.82, 2.24) is 4.98 Å². The van der Waals surface area contributed by atoms with Crippen LogP contribution in [0.4, 0.5) is 11.4 Å². The molecular formula is C17H20ClN3O. The standard InChI is InChI=1S/C17H20ClN3O/c1-3-4-8-19-13-7-9-20-16(11-13)17(22)21-14-6-5-12(2)15(18)10-14/h5-7,9-11H,3-4,8H2,1-2H3,(H,19,20)(H,21,22). The summed E-state index contributed by atoms with van der Waals surface area (Å²) in [7, 11) is 0. The summed E-state index contributed by atoms with van der Waals surface area (Å²) in [5.74, 6) is -0.251. The molecule has 0 aliphatic rings. The average Bonchev–Trinajstić information content (AvgIpc) is 2.51. The van der Waals surface area contributed by atoms with Gasteiger partial charge < -0.3 is 10.6 Å². The highest BCUT2D eigenvalue weighted by Crippen LogP contribution is 2.20. The molecule has 5 heteroatoms. The molecule has 0 bridgehead atoms. The number of nitrogens with one attached hydrogen (secondary N) is 2. The Morgan fingerprint density at radius 1 is 1.23 bits per heavy atom. The third-order valence-corrected chi connectivity index (χ3v) is 3.69. The van der Waals surface area contributed by atoms with Crippen LogP contribution in [-0.2, 0) is 0 Å². The number of carbonyl (C=O) groups is 1. The molecule has 1 aromatic carbocycles. The van der Waals surface area contributed by atoms with E-state index in [2.05, 4.69) is 22.5 Å². The number of hydrogen-bond acceptors (Lipinski definition) is 3. The lowest BCUT2D eigenvalue weighted by Crippen LogP contribution is -2.14. The van der Waals surface area contributed by atoms with E-state index in [1.807, 2.05) is 25.1 Å². The van der Waals surface area contributed by atoms with Crippen molar-refractivity contribution in [3.05, 3.63) is 52.8 Å². The minimum atomic E-state index is -0.251. The number of nitrogens with zero attached hydrogens (tertiary/aromatic N) is 1. The maximum atomic E-state index is 12.2. The lowest BCUT2D eigenvalue weighted by atomic mass is 10.2. The predicted molar refractivity (Wildman–Crippen MR) is 91.8 cm³/mol. The molecule has 0 saturated heterocycles. The first-order chi connectivity index (χ1) is 10.6. The van der Waals surface area contributed by atoms with Gasteiger partial charge in [0.1, 0.15) is 5.69 Å². The fraction of sp³-hybridized carbons (Fsp3) is 0.294. The van der Waals surface area contributed by atoms with Crippen LogP contribution in [-0.4, -0.2) is 17.4 Å². The summed E-state index contributed by atoms with van der Waals surface area (Å²) in [6, 6.07) is 9.03. The Morgan fingerprint density at radius 2 is 2.05 bits per heavy atom. The van der Waals surface area contributed by atoms with Crippen molar-refractivity contribution in [3.8, 4) is 0 Å². The molecule has 2 rings (SSSR count). The second kappa shape index (κ2) is 7.80. The average molecular weight is 318 g/mol. The van der Waals surface area contributed by atoms with Crippen LogP contribution in [0.2, 0.25) is 5.02 Å². The minimum absolute atomic E-state index is 0.251. The van der Waals surface area contributed by atoms with Crippen molar-refractivity contribution in [2.45, 2.75) is 26.7 Å². The maximum absolute atomic E-state index is 12.2. The second-order valence-corrected chi connectivity index (χ2v) is 5.54. The molecule has 0 aliphatic heterocycles. The molecule has 22 heavy (non-hydrogen) atoms. The van der Waals surface area contributed by atoms with E-state index in [0.717, 1.165) is 30.6 Å². The molecule has 0 unspecified atom stereocenters. The summed E-state index contributed by atoms with van der Waals surface area (Å²) in [4.78, 5) is 16.4. The smallest absolute Gasteiger partial charge is 0.274 e. The number of aryl methyl sites for hydroxylation is 1. The molecule has 1 heterocycles. The lowest BCUT2D eigenvalue weighted by molar-refractivity contribution is 0.102. The van der Waals surface area contributed by atoms with Gasteiger partial charge in [-0.05, 0) is 43.2 Å². The van der Waals surface area contributed by atoms with Gasteiger partial charge in [-0.25, -0.2) is 0 Å². The fourth-order valence-corrected chi connectivity index (χ4v) is 2.12. The highest BCUT2D eigenvalue weighted by Gasteiger charge is 2.09. The summed E-state index contributed by atoms with van der Waals surface area (Å²) >= 11 is 6.06. The molecule has 1 amide bonds. The van der Waals surface area contributed by atoms with Crippen molar-refractivity contribution in [1.29, 1.82) is 0 Å². The number of unbranched alkanes of at least 4 members (excludes halogenated alkanes) is 1. The number of aromatic nitrogens is 1. The van der Waals surface area contributed by atoms with Crippen LogP contribution in [0, 0.1) is 6.92 Å². The molecule has 0 saturated carbocycles. The van der Waals surface area contributed by atoms with E-state index >= 15 is 0 Å². The number of carbonyl (C=O) groups excluding carboxylic acids is 1. The SMILES string of the molecule is CCCCNc1ccnc(C(=O)Nc2ccc(C)c(Cl)c2)c1. The molecule has 0 atom stereocenters. The number of hydrogen-bond donors (Lipinski definition) is 2. The molecule has 0 aliphatic carbocycles. The minimum Gasteiger partial charge on any atom is -0.385 e. The zero-order valence-electron chi connectivity index (χ0n) is 12.8. The lowest BCUT2D eigenvalue weighted by Gasteiger charge is -2.09. The zero-order valence-corrected chi connectivity index (χ0v) is 13.6. The van der Waals surface area contributed by atoms with Gasteiger partial charge in [-0.3, -0.25) is 9.78 Å². The molecule has 4 nitrogen and oxygen atoms in total. The van der Waals surface area contributed by atoms with Crippen LogP contribution < -0.4 is 10.6 Å². The van der Waals surface area contributed by atoms with Gasteiger partial charge in [0.25, 0.3) is 5.91 Å². The number of benzene rings is 1. The van der Waals surface area contributed by atoms with Gasteiger partial charge in [-0.15, -0.1) is 0 Å². The number of pyridine rings is 1. The third kappa shape index (κ3) is 4.46. The number of rotatable bonds is 6. The van der Waals surface area contributed by atoms with Gasteiger partial charge in [-0.2, -0.15) is 0 Å². The van der Waals surface area contributed by atoms with Crippen LogP contribution in [0.15, 0.2) is 36.5 Å². The normalized spacial score (nSPS) is 10.3. The van der Waals surface area contributed by atoms with Crippen LogP contribution in [0.3, 0.4) is 0 Å². The predicted octanol–water partition coefficient (Wildman–Crippen LogP) is 4.51. The van der Waals surface area contributed by atoms with Gasteiger partial charge >= 0.3 is 0 Å². The van der Waals surface area contributed by atoms with Crippen LogP contribution in [0.5, 0.6) is 0 Å². The largest absolute Gasteiger partial charge is 0.385 e. The Hall–Kier alpha value is -2.07. The molecule has 0 fully saturated rings. The first-order valence-corrected chi connectivity index (χ1v) is 7.75. The Kier molecular flexibility index (Phi) is 5.78. The Labute approximate surface area is 135 Å². The van der Waals surface area contributed by atoms with E-state index in [4.69, 9.17) is 11.6 Å². The van der Waals surface area contributed by atoms with E-state index < -0.39 is 0 Å². The van der Waals surface area contributed by atoms with Crippen molar-refractivity contribution < 1.29 is 4.79 Å². The van der Waals surface area contributed by atoms with E-state index in [0.29, 0.717) is 16.4 Å². The summed E-state index contributed by atoms with van der Waals surface area (Å²) in [6.07, 6.45) is 3.84. The monoisotopic (exact) mass is 317 g/mol. The van der Waals surface area contributed by atoms with Crippen LogP contribution in [0.25, 0.3) is 0 Å². The number of halogens is 1. The molecule has 0 spiro atoms. The molecule has 1 aromatic heterocycles. The second-order valence-electron chi connectivity index (χ2n) is 5.13. The van der Waals surface area contributed by atoms with E-state index in [9.17, 15) is 4.79 Å². The van der Waals surface area contributed by atoms with Crippen LogP contribution >= 0.6 is 11.6 Å². The van der Waals surface area contributed by atoms with Gasteiger partial charge in [0, 0.05) is 29.1 Å². The maximum Gasteiger partial charge on any atom is 0.274 e. The fourth-order valence-electron chi connectivity index (χ4n) is 1.94. The molecule has 0 radical (unpaired) electrons. The number of amides is 1. The summed E-state index contributed by atoms with van der Waals surface area (Å²) < 4.78 is 0. The topological polar surface area (TPSA) is 54.0 Å². The van der Waals surface area contributed by atoms with E-state index in [1.165, 1.54) is 0 Å². The summed E-state index contributed by atoms with van der Waals surface area (Å²) in [6.45, 7) is 4.94. The first kappa shape index (κ1) is 16.3. The molecule has 2 aromatic rings. The van der Waals surface area contributed by atoms with Gasteiger partial charge in [0.2, 0.25) is 0 Å². The molecule has 2 N–H and O–H groups in total. The quantitative estimate of drug-likeness (QED) is 0.771. The van der Waals surface area contributed by atoms with E-state index in [1.54, 1.807) is 18.3 Å². The van der Waals surface area contributed by atoms with Gasteiger partial charge in [-0.1, -0.05) is 31.0 Å². The Bertz CT molecular complexity index is 658. The zero-order chi connectivity index (χ0) is 15.9. The molecule has 116 valence electrons. The van der Waals surface area contributed by atoms with E-state index in [-0.39, 0.29) is 5.91 Å². The van der Waals surface area contributed by atoms with Gasteiger partial charge in [0.05, 0.1) is 0 Å². The van der Waals surface area contributed by atoms with Crippen molar-refractivity contribution in [2.24, 2.45) is 0 Å². The number of anilines is 2. The Morgan fingerprint density at radius 3 is 2.77 bits per heavy atom. The van der Waals surface area contributed by atoms with Crippen LogP contribution in [0.1, 0.15) is 35.8 Å². The van der Waals surface area contributed by atoms with Crippen molar-refractivity contribution in [2.75, 3.05) is 17.2 Å². The van der Waals surface area contributed by atoms with Crippen molar-refractivity contribution in [3.63, 3.8) is 0 Å². The van der Waals surface area contributed by atoms with Gasteiger partial charge in [0.15, 0.2) is 0 Å². The highest BCUT2D eigenvalue weighted by atomic mass is 35.5. The Balaban J connectivity index is 2.05. The summed E-state index contributed by atoms with van der Waals surface area (Å²) in [5, 5.41) is 6.71. The summed E-state index contributed by atoms with van der Waals surface area (Å²) in [5.41, 5.74) is 2.90. The first-order valence-electron chi connectivity index (χ1n) is 7.37. The third-order valence-electron chi connectivity index (χ3n) is 3.28. The highest BCUT2D eigenvalue weighted by molar-refractivity contribution is 6.31. The molecular weight excluding hydrogens is 298 g/mol.